The van der Waals surface area contributed by atoms with Crippen LogP contribution in [0, 0.1) is 0 Å². The summed E-state index contributed by atoms with van der Waals surface area (Å²) in [4.78, 5) is 0. The molecule has 2 fully saturated rings. The van der Waals surface area contributed by atoms with Crippen molar-refractivity contribution < 1.29 is 9.84 Å². The third-order valence-corrected chi connectivity index (χ3v) is 3.86. The number of aliphatic hydroxyl groups is 1. The summed E-state index contributed by atoms with van der Waals surface area (Å²) < 4.78 is 5.78. The van der Waals surface area contributed by atoms with Gasteiger partial charge in [-0.15, -0.1) is 0 Å². The molecule has 2 aliphatic rings. The Labute approximate surface area is 102 Å². The first-order chi connectivity index (χ1) is 8.33. The predicted molar refractivity (Wildman–Crippen MR) is 65.7 cm³/mol. The Bertz CT molecular complexity index is 368. The van der Waals surface area contributed by atoms with Crippen LogP contribution in [0.5, 0.6) is 0 Å². The van der Waals surface area contributed by atoms with Crippen molar-refractivity contribution in [2.75, 3.05) is 6.54 Å². The highest BCUT2D eigenvalue weighted by molar-refractivity contribution is 5.17. The summed E-state index contributed by atoms with van der Waals surface area (Å²) in [5.74, 6) is 0. The third-order valence-electron chi connectivity index (χ3n) is 3.86. The van der Waals surface area contributed by atoms with Gasteiger partial charge >= 0.3 is 0 Å². The van der Waals surface area contributed by atoms with E-state index in [1.165, 1.54) is 12.8 Å². The smallest absolute Gasteiger partial charge is 0.0914 e. The van der Waals surface area contributed by atoms with Crippen LogP contribution >= 0.6 is 0 Å². The second-order valence-electron chi connectivity index (χ2n) is 5.05. The molecule has 2 aliphatic heterocycles. The predicted octanol–water partition coefficient (Wildman–Crippen LogP) is 1.63. The number of fused-ring (bicyclic) bond motifs is 2. The molecule has 2 saturated heterocycles. The standard InChI is InChI=1S/C14H19NO2/c16-13(10-4-2-1-3-5-10)9-15-12-8-11-6-7-14(12)17-11/h1-5,11-16H,6-9H2. The fourth-order valence-corrected chi connectivity index (χ4v) is 2.91. The first-order valence-corrected chi connectivity index (χ1v) is 6.45. The molecule has 0 radical (unpaired) electrons. The topological polar surface area (TPSA) is 41.5 Å². The van der Waals surface area contributed by atoms with Gasteiger partial charge in [0.05, 0.1) is 18.3 Å². The van der Waals surface area contributed by atoms with Crippen molar-refractivity contribution in [1.29, 1.82) is 0 Å². The first-order valence-electron chi connectivity index (χ1n) is 6.45. The summed E-state index contributed by atoms with van der Waals surface area (Å²) in [7, 11) is 0. The molecule has 0 saturated carbocycles. The Morgan fingerprint density at radius 1 is 1.29 bits per heavy atom. The summed E-state index contributed by atoms with van der Waals surface area (Å²) in [6, 6.07) is 10.2. The molecule has 1 aromatic carbocycles. The van der Waals surface area contributed by atoms with E-state index >= 15 is 0 Å². The van der Waals surface area contributed by atoms with Crippen LogP contribution in [0.4, 0.5) is 0 Å². The van der Waals surface area contributed by atoms with Gasteiger partial charge in [-0.25, -0.2) is 0 Å². The van der Waals surface area contributed by atoms with Crippen LogP contribution in [0.2, 0.25) is 0 Å². The van der Waals surface area contributed by atoms with Gasteiger partial charge in [-0.3, -0.25) is 0 Å². The lowest BCUT2D eigenvalue weighted by Crippen LogP contribution is -2.39. The van der Waals surface area contributed by atoms with Gasteiger partial charge in [-0.1, -0.05) is 30.3 Å². The third kappa shape index (κ3) is 2.37. The van der Waals surface area contributed by atoms with E-state index in [2.05, 4.69) is 5.32 Å². The molecule has 0 amide bonds. The number of aliphatic hydroxyl groups excluding tert-OH is 1. The number of benzene rings is 1. The minimum Gasteiger partial charge on any atom is -0.387 e. The fraction of sp³-hybridized carbons (Fsp3) is 0.571. The van der Waals surface area contributed by atoms with Crippen LogP contribution in [-0.4, -0.2) is 29.9 Å². The average Bonchev–Trinajstić information content (AvgIpc) is 2.99. The molecule has 0 spiro atoms. The molecule has 3 nitrogen and oxygen atoms in total. The van der Waals surface area contributed by atoms with E-state index < -0.39 is 6.10 Å². The molecule has 17 heavy (non-hydrogen) atoms. The lowest BCUT2D eigenvalue weighted by molar-refractivity contribution is 0.0942. The lowest BCUT2D eigenvalue weighted by atomic mass is 9.95. The van der Waals surface area contributed by atoms with Crippen LogP contribution in [0.25, 0.3) is 0 Å². The summed E-state index contributed by atoms with van der Waals surface area (Å²) in [5.41, 5.74) is 0.976. The highest BCUT2D eigenvalue weighted by atomic mass is 16.5. The second-order valence-corrected chi connectivity index (χ2v) is 5.05. The van der Waals surface area contributed by atoms with Gasteiger partial charge in [0, 0.05) is 12.6 Å². The number of ether oxygens (including phenoxy) is 1. The van der Waals surface area contributed by atoms with Crippen LogP contribution < -0.4 is 5.32 Å². The largest absolute Gasteiger partial charge is 0.387 e. The van der Waals surface area contributed by atoms with Crippen molar-refractivity contribution in [3.63, 3.8) is 0 Å². The SMILES string of the molecule is OC(CNC1CC2CCC1O2)c1ccccc1. The van der Waals surface area contributed by atoms with Gasteiger partial charge in [-0.2, -0.15) is 0 Å². The van der Waals surface area contributed by atoms with Crippen LogP contribution in [-0.2, 0) is 4.74 Å². The number of hydrogen-bond acceptors (Lipinski definition) is 3. The normalized spacial score (nSPS) is 32.9. The van der Waals surface area contributed by atoms with Gasteiger partial charge < -0.3 is 15.2 Å². The highest BCUT2D eigenvalue weighted by Crippen LogP contribution is 2.34. The summed E-state index contributed by atoms with van der Waals surface area (Å²) in [5, 5.41) is 13.5. The molecular weight excluding hydrogens is 214 g/mol. The zero-order valence-corrected chi connectivity index (χ0v) is 9.88. The molecule has 2 bridgehead atoms. The van der Waals surface area contributed by atoms with E-state index in [1.807, 2.05) is 30.3 Å². The van der Waals surface area contributed by atoms with E-state index in [0.717, 1.165) is 12.0 Å². The van der Waals surface area contributed by atoms with Gasteiger partial charge in [0.15, 0.2) is 0 Å². The van der Waals surface area contributed by atoms with Crippen molar-refractivity contribution in [1.82, 2.24) is 5.32 Å². The molecular formula is C14H19NO2. The lowest BCUT2D eigenvalue weighted by Gasteiger charge is -2.22. The molecule has 3 rings (SSSR count). The molecule has 1 aromatic rings. The van der Waals surface area contributed by atoms with Gasteiger partial charge in [-0.05, 0) is 24.8 Å². The van der Waals surface area contributed by atoms with Crippen molar-refractivity contribution in [3.8, 4) is 0 Å². The van der Waals surface area contributed by atoms with Crippen LogP contribution in [0.3, 0.4) is 0 Å². The summed E-state index contributed by atoms with van der Waals surface area (Å²) >= 11 is 0. The molecule has 0 aliphatic carbocycles. The average molecular weight is 233 g/mol. The van der Waals surface area contributed by atoms with E-state index in [0.29, 0.717) is 24.8 Å². The number of hydrogen-bond donors (Lipinski definition) is 2. The number of nitrogens with one attached hydrogen (secondary N) is 1. The molecule has 2 heterocycles. The molecule has 92 valence electrons. The molecule has 2 N–H and O–H groups in total. The zero-order valence-electron chi connectivity index (χ0n) is 9.88. The van der Waals surface area contributed by atoms with Crippen LogP contribution in [0.15, 0.2) is 30.3 Å². The number of rotatable bonds is 4. The van der Waals surface area contributed by atoms with Gasteiger partial charge in [0.25, 0.3) is 0 Å². The summed E-state index contributed by atoms with van der Waals surface area (Å²) in [6.07, 6.45) is 3.91. The van der Waals surface area contributed by atoms with Crippen molar-refractivity contribution in [3.05, 3.63) is 35.9 Å². The van der Waals surface area contributed by atoms with Crippen molar-refractivity contribution in [2.24, 2.45) is 0 Å². The van der Waals surface area contributed by atoms with Crippen molar-refractivity contribution in [2.45, 2.75) is 43.6 Å². The quantitative estimate of drug-likeness (QED) is 0.830. The van der Waals surface area contributed by atoms with Crippen molar-refractivity contribution >= 4 is 0 Å². The summed E-state index contributed by atoms with van der Waals surface area (Å²) in [6.45, 7) is 0.612. The van der Waals surface area contributed by atoms with Gasteiger partial charge in [0.1, 0.15) is 0 Å². The Hall–Kier alpha value is -0.900. The van der Waals surface area contributed by atoms with E-state index in [4.69, 9.17) is 4.74 Å². The maximum Gasteiger partial charge on any atom is 0.0914 e. The van der Waals surface area contributed by atoms with Gasteiger partial charge in [0.2, 0.25) is 0 Å². The van der Waals surface area contributed by atoms with E-state index in [1.54, 1.807) is 0 Å². The molecule has 4 atom stereocenters. The van der Waals surface area contributed by atoms with E-state index in [9.17, 15) is 5.11 Å². The minimum atomic E-state index is -0.421. The molecule has 4 unspecified atom stereocenters. The maximum absolute atomic E-state index is 10.0. The monoisotopic (exact) mass is 233 g/mol. The second kappa shape index (κ2) is 4.77. The fourth-order valence-electron chi connectivity index (χ4n) is 2.91. The zero-order chi connectivity index (χ0) is 11.7. The minimum absolute atomic E-state index is 0.378. The molecule has 3 heteroatoms. The van der Waals surface area contributed by atoms with E-state index in [-0.39, 0.29) is 0 Å². The van der Waals surface area contributed by atoms with Crippen LogP contribution in [0.1, 0.15) is 30.9 Å². The molecule has 0 aromatic heterocycles. The maximum atomic E-state index is 10.0. The Morgan fingerprint density at radius 3 is 2.76 bits per heavy atom. The first kappa shape index (κ1) is 11.2. The Morgan fingerprint density at radius 2 is 2.12 bits per heavy atom. The Balaban J connectivity index is 1.51. The highest BCUT2D eigenvalue weighted by Gasteiger charge is 2.40. The Kier molecular flexibility index (Phi) is 3.14.